The highest BCUT2D eigenvalue weighted by Crippen LogP contribution is 2.33. The van der Waals surface area contributed by atoms with Crippen molar-refractivity contribution in [3.05, 3.63) is 34.3 Å². The maximum Gasteiger partial charge on any atom is 0.267 e. The van der Waals surface area contributed by atoms with Crippen molar-refractivity contribution in [3.8, 4) is 5.75 Å². The number of benzene rings is 1. The number of hydrogen-bond acceptors (Lipinski definition) is 5. The highest BCUT2D eigenvalue weighted by Gasteiger charge is 2.23. The minimum absolute atomic E-state index is 0.139. The summed E-state index contributed by atoms with van der Waals surface area (Å²) in [5.74, 6) is 0.331. The molecule has 7 heteroatoms. The number of nitrogens with one attached hydrogen (secondary N) is 1. The smallest absolute Gasteiger partial charge is 0.267 e. The molecule has 0 spiro atoms. The van der Waals surface area contributed by atoms with Crippen LogP contribution in [0.1, 0.15) is 22.6 Å². The number of rotatable bonds is 4. The molecule has 1 aliphatic rings. The lowest BCUT2D eigenvalue weighted by molar-refractivity contribution is 0.402. The molecule has 0 amide bonds. The zero-order valence-electron chi connectivity index (χ0n) is 11.8. The first kappa shape index (κ1) is 14.3. The fraction of sp³-hybridized carbons (Fsp3) is 0.357. The predicted molar refractivity (Wildman–Crippen MR) is 82.7 cm³/mol. The van der Waals surface area contributed by atoms with E-state index in [1.807, 2.05) is 13.0 Å². The standard InChI is InChI=1S/C14H16N2O3S2/c1-9-6-7-11(19-2)13(8-9)21(17,18)16-14-15-10-4-3-5-12(10)20-14/h6-8H,3-5H2,1-2H3,(H,15,16). The van der Waals surface area contributed by atoms with Gasteiger partial charge in [-0.05, 0) is 43.9 Å². The Labute approximate surface area is 128 Å². The van der Waals surface area contributed by atoms with E-state index >= 15 is 0 Å². The Morgan fingerprint density at radius 1 is 1.33 bits per heavy atom. The second kappa shape index (κ2) is 5.31. The number of methoxy groups -OCH3 is 1. The van der Waals surface area contributed by atoms with Crippen molar-refractivity contribution in [2.75, 3.05) is 11.8 Å². The Kier molecular flexibility index (Phi) is 3.62. The van der Waals surface area contributed by atoms with Crippen molar-refractivity contribution in [3.63, 3.8) is 0 Å². The van der Waals surface area contributed by atoms with E-state index in [9.17, 15) is 8.42 Å². The molecule has 5 nitrogen and oxygen atoms in total. The number of aryl methyl sites for hydroxylation is 3. The van der Waals surface area contributed by atoms with Gasteiger partial charge in [-0.15, -0.1) is 11.3 Å². The number of nitrogens with zero attached hydrogens (tertiary/aromatic N) is 1. The van der Waals surface area contributed by atoms with Crippen molar-refractivity contribution in [2.45, 2.75) is 31.1 Å². The normalized spacial score (nSPS) is 14.0. The third-order valence-electron chi connectivity index (χ3n) is 3.43. The average molecular weight is 324 g/mol. The van der Waals surface area contributed by atoms with Crippen molar-refractivity contribution in [1.82, 2.24) is 4.98 Å². The molecule has 1 heterocycles. The lowest BCUT2D eigenvalue weighted by Gasteiger charge is -2.10. The van der Waals surface area contributed by atoms with Crippen molar-refractivity contribution >= 4 is 26.5 Å². The molecule has 112 valence electrons. The summed E-state index contributed by atoms with van der Waals surface area (Å²) < 4.78 is 32.8. The van der Waals surface area contributed by atoms with Gasteiger partial charge in [-0.2, -0.15) is 0 Å². The van der Waals surface area contributed by atoms with Gasteiger partial charge in [0.05, 0.1) is 12.8 Å². The molecule has 0 saturated heterocycles. The summed E-state index contributed by atoms with van der Waals surface area (Å²) in [6.45, 7) is 1.84. The number of fused-ring (bicyclic) bond motifs is 1. The lowest BCUT2D eigenvalue weighted by atomic mass is 10.2. The topological polar surface area (TPSA) is 68.3 Å². The Hall–Kier alpha value is -1.60. The van der Waals surface area contributed by atoms with Crippen LogP contribution in [0.15, 0.2) is 23.1 Å². The molecule has 1 N–H and O–H groups in total. The Morgan fingerprint density at radius 3 is 2.86 bits per heavy atom. The molecule has 0 fully saturated rings. The van der Waals surface area contributed by atoms with E-state index in [-0.39, 0.29) is 4.90 Å². The second-order valence-corrected chi connectivity index (χ2v) is 7.74. The predicted octanol–water partition coefficient (Wildman–Crippen LogP) is 2.75. The molecule has 0 bridgehead atoms. The summed E-state index contributed by atoms with van der Waals surface area (Å²) >= 11 is 1.42. The molecular formula is C14H16N2O3S2. The number of sulfonamides is 1. The summed E-state index contributed by atoms with van der Waals surface area (Å²) in [7, 11) is -2.23. The van der Waals surface area contributed by atoms with Gasteiger partial charge in [-0.3, -0.25) is 4.72 Å². The van der Waals surface area contributed by atoms with Crippen molar-refractivity contribution in [2.24, 2.45) is 0 Å². The molecule has 0 aliphatic heterocycles. The van der Waals surface area contributed by atoms with Gasteiger partial charge in [0.15, 0.2) is 5.13 Å². The maximum absolute atomic E-state index is 12.5. The van der Waals surface area contributed by atoms with Gasteiger partial charge < -0.3 is 4.74 Å². The molecule has 1 aliphatic carbocycles. The van der Waals surface area contributed by atoms with Crippen LogP contribution in [-0.2, 0) is 22.9 Å². The van der Waals surface area contributed by atoms with Crippen LogP contribution in [0.25, 0.3) is 0 Å². The van der Waals surface area contributed by atoms with Crippen LogP contribution in [0, 0.1) is 6.92 Å². The summed E-state index contributed by atoms with van der Waals surface area (Å²) in [5, 5.41) is 0.434. The molecule has 1 aromatic heterocycles. The van der Waals surface area contributed by atoms with E-state index in [4.69, 9.17) is 4.74 Å². The second-order valence-electron chi connectivity index (χ2n) is 5.00. The highest BCUT2D eigenvalue weighted by molar-refractivity contribution is 7.93. The highest BCUT2D eigenvalue weighted by atomic mass is 32.2. The SMILES string of the molecule is COc1ccc(C)cc1S(=O)(=O)Nc1nc2c(s1)CCC2. The Morgan fingerprint density at radius 2 is 2.14 bits per heavy atom. The molecule has 21 heavy (non-hydrogen) atoms. The van der Waals surface area contributed by atoms with Crippen LogP contribution in [-0.4, -0.2) is 20.5 Å². The van der Waals surface area contributed by atoms with Crippen LogP contribution >= 0.6 is 11.3 Å². The fourth-order valence-electron chi connectivity index (χ4n) is 2.40. The van der Waals surface area contributed by atoms with E-state index in [0.717, 1.165) is 30.5 Å². The number of ether oxygens (including phenoxy) is 1. The first-order chi connectivity index (χ1) is 9.99. The quantitative estimate of drug-likeness (QED) is 0.939. The van der Waals surface area contributed by atoms with E-state index in [0.29, 0.717) is 10.9 Å². The zero-order chi connectivity index (χ0) is 15.0. The monoisotopic (exact) mass is 324 g/mol. The van der Waals surface area contributed by atoms with E-state index < -0.39 is 10.0 Å². The summed E-state index contributed by atoms with van der Waals surface area (Å²) in [6, 6.07) is 5.07. The van der Waals surface area contributed by atoms with E-state index in [1.54, 1.807) is 12.1 Å². The van der Waals surface area contributed by atoms with Gasteiger partial charge in [-0.1, -0.05) is 6.07 Å². The van der Waals surface area contributed by atoms with Gasteiger partial charge in [0.25, 0.3) is 10.0 Å². The summed E-state index contributed by atoms with van der Waals surface area (Å²) in [4.78, 5) is 5.69. The third-order valence-corrected chi connectivity index (χ3v) is 5.99. The minimum atomic E-state index is -3.69. The van der Waals surface area contributed by atoms with Crippen LogP contribution < -0.4 is 9.46 Å². The molecular weight excluding hydrogens is 308 g/mol. The molecule has 0 atom stereocenters. The van der Waals surface area contributed by atoms with Gasteiger partial charge >= 0.3 is 0 Å². The van der Waals surface area contributed by atoms with Crippen molar-refractivity contribution < 1.29 is 13.2 Å². The molecule has 2 aromatic rings. The number of anilines is 1. The molecule has 1 aromatic carbocycles. The first-order valence-corrected chi connectivity index (χ1v) is 8.95. The van der Waals surface area contributed by atoms with Crippen LogP contribution in [0.4, 0.5) is 5.13 Å². The van der Waals surface area contributed by atoms with Gasteiger partial charge in [0.2, 0.25) is 0 Å². The Bertz CT molecular complexity index is 760. The molecule has 0 radical (unpaired) electrons. The molecule has 0 unspecified atom stereocenters. The molecule has 3 rings (SSSR count). The number of thiazole rings is 1. The zero-order valence-corrected chi connectivity index (χ0v) is 13.5. The van der Waals surface area contributed by atoms with E-state index in [1.165, 1.54) is 23.3 Å². The summed E-state index contributed by atoms with van der Waals surface area (Å²) in [5.41, 5.74) is 1.88. The third kappa shape index (κ3) is 2.75. The largest absolute Gasteiger partial charge is 0.495 e. The number of hydrogen-bond donors (Lipinski definition) is 1. The molecule has 0 saturated carbocycles. The van der Waals surface area contributed by atoms with Gasteiger partial charge in [0.1, 0.15) is 10.6 Å². The minimum Gasteiger partial charge on any atom is -0.495 e. The van der Waals surface area contributed by atoms with Crippen LogP contribution in [0.3, 0.4) is 0 Å². The Balaban J connectivity index is 1.94. The van der Waals surface area contributed by atoms with Crippen LogP contribution in [0.2, 0.25) is 0 Å². The lowest BCUT2D eigenvalue weighted by Crippen LogP contribution is -2.14. The number of aromatic nitrogens is 1. The van der Waals surface area contributed by atoms with E-state index in [2.05, 4.69) is 9.71 Å². The average Bonchev–Trinajstić information content (AvgIpc) is 2.99. The van der Waals surface area contributed by atoms with Crippen molar-refractivity contribution in [1.29, 1.82) is 0 Å². The van der Waals surface area contributed by atoms with Gasteiger partial charge in [-0.25, -0.2) is 13.4 Å². The van der Waals surface area contributed by atoms with Gasteiger partial charge in [0, 0.05) is 4.88 Å². The maximum atomic E-state index is 12.5. The summed E-state index contributed by atoms with van der Waals surface area (Å²) in [6.07, 6.45) is 3.02. The first-order valence-electron chi connectivity index (χ1n) is 6.65. The fourth-order valence-corrected chi connectivity index (χ4v) is 4.94. The van der Waals surface area contributed by atoms with Crippen LogP contribution in [0.5, 0.6) is 5.75 Å².